The maximum atomic E-state index is 11.9. The maximum absolute atomic E-state index is 11.9. The summed E-state index contributed by atoms with van der Waals surface area (Å²) in [5.41, 5.74) is 0.739. The molecule has 2 aliphatic rings. The lowest BCUT2D eigenvalue weighted by molar-refractivity contribution is 0.0405. The zero-order chi connectivity index (χ0) is 15.0. The number of halogens is 1. The molecule has 0 spiro atoms. The van der Waals surface area contributed by atoms with Gasteiger partial charge in [0.1, 0.15) is 0 Å². The molecule has 1 atom stereocenters. The third kappa shape index (κ3) is 2.72. The van der Waals surface area contributed by atoms with E-state index in [0.717, 1.165) is 24.1 Å². The van der Waals surface area contributed by atoms with Gasteiger partial charge in [0.25, 0.3) is 0 Å². The molecule has 110 valence electrons. The number of ether oxygens (including phenoxy) is 1. The zero-order valence-corrected chi connectivity index (χ0v) is 12.8. The molecular formula is C16H17ClN2O2. The average molecular weight is 305 g/mol. The molecule has 21 heavy (non-hydrogen) atoms. The average Bonchev–Trinajstić information content (AvgIpc) is 3.23. The summed E-state index contributed by atoms with van der Waals surface area (Å²) in [6.45, 7) is 0.620. The number of benzene rings is 1. The van der Waals surface area contributed by atoms with Crippen LogP contribution in [-0.2, 0) is 10.3 Å². The van der Waals surface area contributed by atoms with E-state index in [9.17, 15) is 4.79 Å². The molecule has 1 fully saturated rings. The number of hydrogen-bond donors (Lipinski definition) is 1. The van der Waals surface area contributed by atoms with Crippen molar-refractivity contribution in [3.63, 3.8) is 0 Å². The fourth-order valence-electron chi connectivity index (χ4n) is 2.59. The van der Waals surface area contributed by atoms with E-state index in [2.05, 4.69) is 17.2 Å². The highest BCUT2D eigenvalue weighted by atomic mass is 35.5. The molecule has 0 radical (unpaired) electrons. The molecular weight excluding hydrogens is 288 g/mol. The number of amides is 1. The largest absolute Gasteiger partial charge is 0.425 e. The standard InChI is InChI=1S/C16H17ClN2O2/c1-19(2)9-3-8-16(11-4-5-11)13-10-12(17)6-7-14(13)18-15(20)21-16/h6-7,10-11H,4-5,9H2,1-2H3,(H,18,20). The number of nitrogens with one attached hydrogen (secondary N) is 1. The van der Waals surface area contributed by atoms with Gasteiger partial charge >= 0.3 is 6.09 Å². The Morgan fingerprint density at radius 3 is 2.90 bits per heavy atom. The van der Waals surface area contributed by atoms with E-state index >= 15 is 0 Å². The molecule has 1 unspecified atom stereocenters. The summed E-state index contributed by atoms with van der Waals surface area (Å²) in [6.07, 6.45) is 1.57. The third-order valence-corrected chi connectivity index (χ3v) is 3.93. The van der Waals surface area contributed by atoms with Gasteiger partial charge in [0.2, 0.25) is 5.60 Å². The third-order valence-electron chi connectivity index (χ3n) is 3.69. The quantitative estimate of drug-likeness (QED) is 0.854. The van der Waals surface area contributed by atoms with Gasteiger partial charge in [0.05, 0.1) is 12.2 Å². The monoisotopic (exact) mass is 304 g/mol. The SMILES string of the molecule is CN(C)CC#CC1(C2CC2)OC(=O)Nc2ccc(Cl)cc21. The van der Waals surface area contributed by atoms with Crippen LogP contribution in [0.25, 0.3) is 0 Å². The van der Waals surface area contributed by atoms with Crippen LogP contribution >= 0.6 is 11.6 Å². The van der Waals surface area contributed by atoms with Crippen molar-refractivity contribution < 1.29 is 9.53 Å². The molecule has 1 aromatic rings. The fraction of sp³-hybridized carbons (Fsp3) is 0.438. The van der Waals surface area contributed by atoms with Crippen molar-refractivity contribution in [2.24, 2.45) is 5.92 Å². The topological polar surface area (TPSA) is 41.6 Å². The molecule has 1 saturated carbocycles. The van der Waals surface area contributed by atoms with E-state index in [-0.39, 0.29) is 5.92 Å². The number of carbonyl (C=O) groups is 1. The first-order chi connectivity index (χ1) is 10.0. The van der Waals surface area contributed by atoms with Crippen LogP contribution in [0.3, 0.4) is 0 Å². The summed E-state index contributed by atoms with van der Waals surface area (Å²) < 4.78 is 5.66. The van der Waals surface area contributed by atoms with Gasteiger partial charge in [-0.25, -0.2) is 4.79 Å². The second-order valence-corrected chi connectivity index (χ2v) is 6.19. The summed E-state index contributed by atoms with van der Waals surface area (Å²) in [4.78, 5) is 13.9. The number of rotatable bonds is 2. The van der Waals surface area contributed by atoms with Gasteiger partial charge in [0, 0.05) is 16.5 Å². The Kier molecular flexibility index (Phi) is 3.56. The smallest absolute Gasteiger partial charge is 0.413 e. The van der Waals surface area contributed by atoms with Crippen molar-refractivity contribution in [3.05, 3.63) is 28.8 Å². The van der Waals surface area contributed by atoms with E-state index in [1.807, 2.05) is 31.1 Å². The van der Waals surface area contributed by atoms with Crippen LogP contribution in [0, 0.1) is 17.8 Å². The summed E-state index contributed by atoms with van der Waals surface area (Å²) >= 11 is 6.13. The fourth-order valence-corrected chi connectivity index (χ4v) is 2.76. The predicted molar refractivity (Wildman–Crippen MR) is 82.3 cm³/mol. The van der Waals surface area contributed by atoms with Gasteiger partial charge in [-0.2, -0.15) is 0 Å². The van der Waals surface area contributed by atoms with Crippen molar-refractivity contribution >= 4 is 23.4 Å². The van der Waals surface area contributed by atoms with Crippen LogP contribution in [0.5, 0.6) is 0 Å². The molecule has 5 heteroatoms. The molecule has 1 amide bonds. The minimum Gasteiger partial charge on any atom is -0.425 e. The molecule has 1 heterocycles. The maximum Gasteiger partial charge on any atom is 0.413 e. The van der Waals surface area contributed by atoms with Crippen molar-refractivity contribution in [1.29, 1.82) is 0 Å². The lowest BCUT2D eigenvalue weighted by Gasteiger charge is -2.35. The first-order valence-electron chi connectivity index (χ1n) is 6.96. The van der Waals surface area contributed by atoms with Gasteiger partial charge in [-0.15, -0.1) is 0 Å². The minimum atomic E-state index is -0.863. The first-order valence-corrected chi connectivity index (χ1v) is 7.34. The zero-order valence-electron chi connectivity index (χ0n) is 12.1. The van der Waals surface area contributed by atoms with Crippen LogP contribution in [0.4, 0.5) is 10.5 Å². The number of cyclic esters (lactones) is 1. The van der Waals surface area contributed by atoms with Crippen molar-refractivity contribution in [2.75, 3.05) is 26.0 Å². The van der Waals surface area contributed by atoms with Gasteiger partial charge in [0.15, 0.2) is 0 Å². The van der Waals surface area contributed by atoms with Gasteiger partial charge < -0.3 is 4.74 Å². The van der Waals surface area contributed by atoms with Crippen LogP contribution in [0.2, 0.25) is 5.02 Å². The molecule has 0 saturated heterocycles. The Morgan fingerprint density at radius 2 is 2.24 bits per heavy atom. The van der Waals surface area contributed by atoms with Crippen molar-refractivity contribution in [1.82, 2.24) is 4.90 Å². The van der Waals surface area contributed by atoms with Crippen LogP contribution < -0.4 is 5.32 Å². The number of anilines is 1. The highest BCUT2D eigenvalue weighted by Crippen LogP contribution is 2.52. The normalized spacial score (nSPS) is 23.7. The molecule has 3 rings (SSSR count). The van der Waals surface area contributed by atoms with E-state index in [1.54, 1.807) is 6.07 Å². The summed E-state index contributed by atoms with van der Waals surface area (Å²) in [5.74, 6) is 6.58. The second-order valence-electron chi connectivity index (χ2n) is 5.75. The first kappa shape index (κ1) is 14.2. The van der Waals surface area contributed by atoms with E-state index in [0.29, 0.717) is 11.6 Å². The molecule has 1 N–H and O–H groups in total. The molecule has 0 bridgehead atoms. The Hall–Kier alpha value is -1.70. The Balaban J connectivity index is 2.09. The molecule has 1 aliphatic heterocycles. The highest BCUT2D eigenvalue weighted by Gasteiger charge is 2.52. The highest BCUT2D eigenvalue weighted by molar-refractivity contribution is 6.30. The summed E-state index contributed by atoms with van der Waals surface area (Å²) in [5, 5.41) is 3.34. The van der Waals surface area contributed by atoms with Gasteiger partial charge in [-0.1, -0.05) is 17.5 Å². The summed E-state index contributed by atoms with van der Waals surface area (Å²) in [7, 11) is 3.91. The number of carbonyl (C=O) groups excluding carboxylic acids is 1. The lowest BCUT2D eigenvalue weighted by atomic mass is 9.86. The molecule has 1 aliphatic carbocycles. The van der Waals surface area contributed by atoms with Crippen LogP contribution in [-0.4, -0.2) is 31.6 Å². The Bertz CT molecular complexity index is 643. The van der Waals surface area contributed by atoms with Gasteiger partial charge in [-0.3, -0.25) is 10.2 Å². The van der Waals surface area contributed by atoms with Crippen molar-refractivity contribution in [3.8, 4) is 11.8 Å². The van der Waals surface area contributed by atoms with Crippen LogP contribution in [0.15, 0.2) is 18.2 Å². The van der Waals surface area contributed by atoms with Crippen LogP contribution in [0.1, 0.15) is 18.4 Å². The number of fused-ring (bicyclic) bond motifs is 1. The van der Waals surface area contributed by atoms with E-state index in [4.69, 9.17) is 16.3 Å². The number of nitrogens with zero attached hydrogens (tertiary/aromatic N) is 1. The van der Waals surface area contributed by atoms with E-state index in [1.165, 1.54) is 0 Å². The minimum absolute atomic E-state index is 0.246. The summed E-state index contributed by atoms with van der Waals surface area (Å²) in [6, 6.07) is 5.42. The Morgan fingerprint density at radius 1 is 1.48 bits per heavy atom. The number of hydrogen-bond acceptors (Lipinski definition) is 3. The van der Waals surface area contributed by atoms with Crippen molar-refractivity contribution in [2.45, 2.75) is 18.4 Å². The van der Waals surface area contributed by atoms with E-state index < -0.39 is 11.7 Å². The van der Waals surface area contributed by atoms with Gasteiger partial charge in [-0.05, 0) is 51.1 Å². The lowest BCUT2D eigenvalue weighted by Crippen LogP contribution is -2.40. The predicted octanol–water partition coefficient (Wildman–Crippen LogP) is 3.07. The second kappa shape index (κ2) is 5.25. The molecule has 1 aromatic carbocycles. The molecule has 0 aromatic heterocycles. The molecule has 4 nitrogen and oxygen atoms in total. The Labute approximate surface area is 129 Å².